The van der Waals surface area contributed by atoms with Gasteiger partial charge in [0.25, 0.3) is 0 Å². The van der Waals surface area contributed by atoms with E-state index in [0.717, 1.165) is 0 Å². The third-order valence-corrected chi connectivity index (χ3v) is 4.62. The molecule has 0 saturated heterocycles. The molecule has 0 radical (unpaired) electrons. The van der Waals surface area contributed by atoms with Crippen LogP contribution < -0.4 is 15.5 Å². The van der Waals surface area contributed by atoms with Crippen LogP contribution in [0.5, 0.6) is 5.75 Å². The van der Waals surface area contributed by atoms with Gasteiger partial charge in [0, 0.05) is 12.1 Å². The largest absolute Gasteiger partial charge is 0.488 e. The van der Waals surface area contributed by atoms with Crippen molar-refractivity contribution in [3.8, 4) is 5.75 Å². The summed E-state index contributed by atoms with van der Waals surface area (Å²) in [4.78, 5) is 23.2. The molecule has 0 aliphatic carbocycles. The van der Waals surface area contributed by atoms with E-state index in [2.05, 4.69) is 31.8 Å². The van der Waals surface area contributed by atoms with Gasteiger partial charge in [-0.15, -0.1) is 0 Å². The predicted octanol–water partition coefficient (Wildman–Crippen LogP) is 4.04. The summed E-state index contributed by atoms with van der Waals surface area (Å²) >= 11 is 9.36. The number of nitrogens with zero attached hydrogens (tertiary/aromatic N) is 1. The highest BCUT2D eigenvalue weighted by atomic mass is 79.9. The number of benzene rings is 2. The summed E-state index contributed by atoms with van der Waals surface area (Å²) in [6.07, 6.45) is 1.38. The van der Waals surface area contributed by atoms with Gasteiger partial charge < -0.3 is 10.1 Å². The molecule has 9 heteroatoms. The van der Waals surface area contributed by atoms with Crippen LogP contribution in [0.2, 0.25) is 5.02 Å². The van der Waals surface area contributed by atoms with Crippen molar-refractivity contribution in [3.05, 3.63) is 62.8 Å². The number of hydrazone groups is 1. The number of halogens is 3. The zero-order chi connectivity index (χ0) is 21.4. The Kier molecular flexibility index (Phi) is 8.60. The van der Waals surface area contributed by atoms with E-state index in [-0.39, 0.29) is 23.1 Å². The van der Waals surface area contributed by atoms with Gasteiger partial charge in [-0.2, -0.15) is 5.10 Å². The average Bonchev–Trinajstić information content (AvgIpc) is 2.67. The van der Waals surface area contributed by atoms with Crippen LogP contribution in [0.1, 0.15) is 25.0 Å². The van der Waals surface area contributed by atoms with Gasteiger partial charge in [-0.05, 0) is 57.7 Å². The fraction of sp³-hybridized carbons (Fsp3) is 0.250. The molecule has 2 N–H and O–H groups in total. The lowest BCUT2D eigenvalue weighted by Gasteiger charge is -2.10. The molecule has 0 unspecified atom stereocenters. The lowest BCUT2D eigenvalue weighted by molar-refractivity contribution is -0.139. The second kappa shape index (κ2) is 10.9. The van der Waals surface area contributed by atoms with Crippen LogP contribution >= 0.6 is 27.5 Å². The second-order valence-electron chi connectivity index (χ2n) is 6.48. The zero-order valence-electron chi connectivity index (χ0n) is 15.8. The van der Waals surface area contributed by atoms with Crippen molar-refractivity contribution >= 4 is 45.6 Å². The highest BCUT2D eigenvalue weighted by Crippen LogP contribution is 2.28. The maximum Gasteiger partial charge on any atom is 0.329 e. The van der Waals surface area contributed by atoms with E-state index < -0.39 is 17.6 Å². The van der Waals surface area contributed by atoms with E-state index in [1.54, 1.807) is 24.3 Å². The van der Waals surface area contributed by atoms with Gasteiger partial charge in [-0.25, -0.2) is 9.82 Å². The molecule has 0 fully saturated rings. The number of ether oxygens (including phenoxy) is 1. The quantitative estimate of drug-likeness (QED) is 0.354. The number of amides is 2. The minimum atomic E-state index is -0.845. The average molecular weight is 485 g/mol. The molecule has 2 amide bonds. The first-order chi connectivity index (χ1) is 13.8. The number of carbonyl (C=O) groups excluding carboxylic acids is 2. The first kappa shape index (κ1) is 22.8. The molecule has 0 atom stereocenters. The Hall–Kier alpha value is -2.45. The second-order valence-corrected chi connectivity index (χ2v) is 7.74. The number of nitrogens with one attached hydrogen (secondary N) is 2. The summed E-state index contributed by atoms with van der Waals surface area (Å²) in [5.74, 6) is -1.30. The van der Waals surface area contributed by atoms with E-state index >= 15 is 0 Å². The lowest BCUT2D eigenvalue weighted by atomic mass is 10.2. The van der Waals surface area contributed by atoms with E-state index in [0.29, 0.717) is 22.3 Å². The Morgan fingerprint density at radius 3 is 2.69 bits per heavy atom. The number of hydrogen-bond donors (Lipinski definition) is 2. The van der Waals surface area contributed by atoms with Gasteiger partial charge in [0.15, 0.2) is 0 Å². The van der Waals surface area contributed by atoms with E-state index in [4.69, 9.17) is 16.3 Å². The topological polar surface area (TPSA) is 79.8 Å². The Balaban J connectivity index is 1.92. The fourth-order valence-corrected chi connectivity index (χ4v) is 2.86. The molecule has 6 nitrogen and oxygen atoms in total. The number of hydrogen-bond acceptors (Lipinski definition) is 4. The molecular formula is C20H20BrClFN3O3. The molecule has 0 spiro atoms. The normalized spacial score (nSPS) is 11.0. The number of rotatable bonds is 7. The van der Waals surface area contributed by atoms with Crippen molar-refractivity contribution in [1.29, 1.82) is 0 Å². The third-order valence-electron chi connectivity index (χ3n) is 3.65. The summed E-state index contributed by atoms with van der Waals surface area (Å²) in [5.41, 5.74) is 3.08. The van der Waals surface area contributed by atoms with Crippen LogP contribution in [-0.2, 0) is 16.2 Å². The van der Waals surface area contributed by atoms with Gasteiger partial charge in [-0.1, -0.05) is 31.5 Å². The Morgan fingerprint density at radius 1 is 1.28 bits per heavy atom. The minimum Gasteiger partial charge on any atom is -0.488 e. The van der Waals surface area contributed by atoms with Crippen LogP contribution in [0, 0.1) is 11.7 Å². The maximum absolute atomic E-state index is 13.8. The fourth-order valence-electron chi connectivity index (χ4n) is 2.13. The first-order valence-corrected chi connectivity index (χ1v) is 9.91. The zero-order valence-corrected chi connectivity index (χ0v) is 18.2. The van der Waals surface area contributed by atoms with Crippen molar-refractivity contribution in [3.63, 3.8) is 0 Å². The summed E-state index contributed by atoms with van der Waals surface area (Å²) in [7, 11) is 0. The maximum atomic E-state index is 13.8. The molecule has 0 aliphatic heterocycles. The molecule has 0 aromatic heterocycles. The van der Waals surface area contributed by atoms with Crippen LogP contribution in [0.15, 0.2) is 46.0 Å². The van der Waals surface area contributed by atoms with Crippen LogP contribution in [0.25, 0.3) is 0 Å². The van der Waals surface area contributed by atoms with Crippen molar-refractivity contribution in [2.24, 2.45) is 11.0 Å². The Morgan fingerprint density at radius 2 is 2.03 bits per heavy atom. The Bertz CT molecular complexity index is 902. The van der Waals surface area contributed by atoms with Gasteiger partial charge in [-0.3, -0.25) is 9.59 Å². The summed E-state index contributed by atoms with van der Waals surface area (Å²) < 4.78 is 20.0. The Labute approximate surface area is 181 Å². The smallest absolute Gasteiger partial charge is 0.329 e. The molecule has 0 heterocycles. The van der Waals surface area contributed by atoms with Crippen molar-refractivity contribution in [2.45, 2.75) is 20.5 Å². The predicted molar refractivity (Wildman–Crippen MR) is 113 cm³/mol. The number of carbonyl (C=O) groups is 2. The molecule has 154 valence electrons. The lowest BCUT2D eigenvalue weighted by Crippen LogP contribution is -2.39. The van der Waals surface area contributed by atoms with Crippen molar-refractivity contribution < 1.29 is 18.7 Å². The SMILES string of the molecule is CC(C)CNC(=O)C(=O)N/N=C\c1ccc(OCc2c(F)cccc2Cl)c(Br)c1. The monoisotopic (exact) mass is 483 g/mol. The van der Waals surface area contributed by atoms with Crippen molar-refractivity contribution in [1.82, 2.24) is 10.7 Å². The van der Waals surface area contributed by atoms with Gasteiger partial charge in [0.05, 0.1) is 15.7 Å². The van der Waals surface area contributed by atoms with E-state index in [9.17, 15) is 14.0 Å². The summed E-state index contributed by atoms with van der Waals surface area (Å²) in [6.45, 7) is 4.22. The highest BCUT2D eigenvalue weighted by Gasteiger charge is 2.12. The molecule has 0 aliphatic rings. The van der Waals surface area contributed by atoms with E-state index in [1.165, 1.54) is 18.3 Å². The molecule has 0 bridgehead atoms. The van der Waals surface area contributed by atoms with Crippen LogP contribution in [-0.4, -0.2) is 24.6 Å². The molecule has 2 rings (SSSR count). The molecule has 29 heavy (non-hydrogen) atoms. The highest BCUT2D eigenvalue weighted by molar-refractivity contribution is 9.10. The van der Waals surface area contributed by atoms with Gasteiger partial charge >= 0.3 is 11.8 Å². The van der Waals surface area contributed by atoms with Crippen LogP contribution in [0.4, 0.5) is 4.39 Å². The minimum absolute atomic E-state index is 0.0287. The van der Waals surface area contributed by atoms with Crippen molar-refractivity contribution in [2.75, 3.05) is 6.54 Å². The van der Waals surface area contributed by atoms with E-state index in [1.807, 2.05) is 13.8 Å². The van der Waals surface area contributed by atoms with Gasteiger partial charge in [0.2, 0.25) is 0 Å². The molecule has 2 aromatic rings. The summed E-state index contributed by atoms with van der Waals surface area (Å²) in [5, 5.41) is 6.55. The van der Waals surface area contributed by atoms with Gasteiger partial charge in [0.1, 0.15) is 18.2 Å². The first-order valence-electron chi connectivity index (χ1n) is 8.74. The molecule has 0 saturated carbocycles. The standard InChI is InChI=1S/C20H20BrClFN3O3/c1-12(2)9-24-19(27)20(28)26-25-10-13-6-7-18(15(21)8-13)29-11-14-16(22)4-3-5-17(14)23/h3-8,10,12H,9,11H2,1-2H3,(H,24,27)(H,26,28)/b25-10-. The third kappa shape index (κ3) is 7.14. The molecular weight excluding hydrogens is 465 g/mol. The van der Waals surface area contributed by atoms with Crippen LogP contribution in [0.3, 0.4) is 0 Å². The summed E-state index contributed by atoms with van der Waals surface area (Å²) in [6, 6.07) is 9.49. The molecule has 2 aromatic carbocycles.